The summed E-state index contributed by atoms with van der Waals surface area (Å²) in [5.41, 5.74) is 0. The molecule has 0 radical (unpaired) electrons. The molecule has 5 heteroatoms. The van der Waals surface area contributed by atoms with Crippen molar-refractivity contribution in [2.75, 3.05) is 20.6 Å². The number of rotatable bonds is 6. The molecular formula is C15H18N2O2S. The molecule has 1 N–H and O–H groups in total. The Kier molecular flexibility index (Phi) is 5.15. The summed E-state index contributed by atoms with van der Waals surface area (Å²) in [6.07, 6.45) is 4.72. The van der Waals surface area contributed by atoms with Crippen molar-refractivity contribution in [3.8, 4) is 0 Å². The Hall–Kier alpha value is -1.85. The molecule has 0 aliphatic heterocycles. The molecular weight excluding hydrogens is 272 g/mol. The number of hydrogen-bond donors (Lipinski definition) is 1. The van der Waals surface area contributed by atoms with Gasteiger partial charge < -0.3 is 14.6 Å². The van der Waals surface area contributed by atoms with E-state index < -0.39 is 0 Å². The fourth-order valence-corrected chi connectivity index (χ4v) is 2.74. The van der Waals surface area contributed by atoms with Gasteiger partial charge in [-0.05, 0) is 43.8 Å². The number of thiophene rings is 1. The molecule has 1 unspecified atom stereocenters. The molecule has 2 rings (SSSR count). The first-order valence-electron chi connectivity index (χ1n) is 6.36. The molecule has 0 bridgehead atoms. The highest BCUT2D eigenvalue weighted by Gasteiger charge is 2.15. The van der Waals surface area contributed by atoms with E-state index in [1.165, 1.54) is 11.0 Å². The maximum absolute atomic E-state index is 11.8. The lowest BCUT2D eigenvalue weighted by Gasteiger charge is -2.23. The van der Waals surface area contributed by atoms with Crippen LogP contribution in [0.3, 0.4) is 0 Å². The standard InChI is InChI=1S/C15H18N2O2S/c1-17(2)13(14-6-4-10-20-14)11-16-15(18)8-7-12-5-3-9-19-12/h3-10,13H,11H2,1-2H3,(H,16,18). The molecule has 0 aliphatic carbocycles. The number of carbonyl (C=O) groups is 1. The van der Waals surface area contributed by atoms with E-state index in [1.54, 1.807) is 35.8 Å². The molecule has 1 atom stereocenters. The highest BCUT2D eigenvalue weighted by molar-refractivity contribution is 7.10. The molecule has 4 nitrogen and oxygen atoms in total. The lowest BCUT2D eigenvalue weighted by molar-refractivity contribution is -0.116. The smallest absolute Gasteiger partial charge is 0.244 e. The summed E-state index contributed by atoms with van der Waals surface area (Å²) >= 11 is 1.70. The summed E-state index contributed by atoms with van der Waals surface area (Å²) in [5, 5.41) is 4.96. The third kappa shape index (κ3) is 4.08. The second kappa shape index (κ2) is 7.07. The van der Waals surface area contributed by atoms with Crippen molar-refractivity contribution in [2.45, 2.75) is 6.04 Å². The topological polar surface area (TPSA) is 45.5 Å². The zero-order valence-electron chi connectivity index (χ0n) is 11.6. The number of nitrogens with one attached hydrogen (secondary N) is 1. The predicted molar refractivity (Wildman–Crippen MR) is 81.5 cm³/mol. The Morgan fingerprint density at radius 1 is 1.45 bits per heavy atom. The first kappa shape index (κ1) is 14.6. The minimum absolute atomic E-state index is 0.121. The molecule has 0 saturated carbocycles. The van der Waals surface area contributed by atoms with Crippen molar-refractivity contribution in [2.24, 2.45) is 0 Å². The molecule has 0 spiro atoms. The zero-order chi connectivity index (χ0) is 14.4. The first-order valence-corrected chi connectivity index (χ1v) is 7.24. The summed E-state index contributed by atoms with van der Waals surface area (Å²) in [7, 11) is 4.02. The minimum atomic E-state index is -0.121. The summed E-state index contributed by atoms with van der Waals surface area (Å²) in [5.74, 6) is 0.548. The summed E-state index contributed by atoms with van der Waals surface area (Å²) in [6, 6.07) is 7.89. The Labute approximate surface area is 122 Å². The van der Waals surface area contributed by atoms with Crippen molar-refractivity contribution in [3.63, 3.8) is 0 Å². The van der Waals surface area contributed by atoms with Crippen LogP contribution in [0.4, 0.5) is 0 Å². The minimum Gasteiger partial charge on any atom is -0.465 e. The molecule has 0 aliphatic rings. The monoisotopic (exact) mass is 290 g/mol. The van der Waals surface area contributed by atoms with Gasteiger partial charge in [0.25, 0.3) is 0 Å². The molecule has 2 heterocycles. The largest absolute Gasteiger partial charge is 0.465 e. The lowest BCUT2D eigenvalue weighted by atomic mass is 10.2. The summed E-state index contributed by atoms with van der Waals surface area (Å²) < 4.78 is 5.13. The molecule has 0 fully saturated rings. The van der Waals surface area contributed by atoms with Gasteiger partial charge in [-0.3, -0.25) is 4.79 Å². The van der Waals surface area contributed by atoms with Crippen LogP contribution >= 0.6 is 11.3 Å². The van der Waals surface area contributed by atoms with E-state index in [0.717, 1.165) is 0 Å². The highest BCUT2D eigenvalue weighted by atomic mass is 32.1. The Morgan fingerprint density at radius 2 is 2.30 bits per heavy atom. The second-order valence-electron chi connectivity index (χ2n) is 4.59. The van der Waals surface area contributed by atoms with Crippen LogP contribution in [0.2, 0.25) is 0 Å². The van der Waals surface area contributed by atoms with Crippen LogP contribution in [-0.2, 0) is 4.79 Å². The van der Waals surface area contributed by atoms with Gasteiger partial charge in [0.05, 0.1) is 12.3 Å². The van der Waals surface area contributed by atoms with Crippen LogP contribution in [0.25, 0.3) is 6.08 Å². The molecule has 0 aromatic carbocycles. The van der Waals surface area contributed by atoms with Crippen LogP contribution < -0.4 is 5.32 Å². The number of likely N-dealkylation sites (N-methyl/N-ethyl adjacent to an activating group) is 1. The molecule has 0 saturated heterocycles. The maximum atomic E-state index is 11.8. The van der Waals surface area contributed by atoms with E-state index in [9.17, 15) is 4.79 Å². The molecule has 2 aromatic heterocycles. The molecule has 2 aromatic rings. The van der Waals surface area contributed by atoms with E-state index in [0.29, 0.717) is 12.3 Å². The third-order valence-electron chi connectivity index (χ3n) is 2.91. The van der Waals surface area contributed by atoms with Crippen LogP contribution in [-0.4, -0.2) is 31.4 Å². The fourth-order valence-electron chi connectivity index (χ4n) is 1.82. The van der Waals surface area contributed by atoms with E-state index in [1.807, 2.05) is 25.5 Å². The Bertz CT molecular complexity index is 544. The van der Waals surface area contributed by atoms with Gasteiger partial charge in [-0.25, -0.2) is 0 Å². The Morgan fingerprint density at radius 3 is 2.90 bits per heavy atom. The number of carbonyl (C=O) groups excluding carboxylic acids is 1. The van der Waals surface area contributed by atoms with Crippen LogP contribution in [0.15, 0.2) is 46.4 Å². The number of hydrogen-bond acceptors (Lipinski definition) is 4. The molecule has 106 valence electrons. The van der Waals surface area contributed by atoms with E-state index in [-0.39, 0.29) is 11.9 Å². The average molecular weight is 290 g/mol. The Balaban J connectivity index is 1.88. The third-order valence-corrected chi connectivity index (χ3v) is 3.88. The van der Waals surface area contributed by atoms with Crippen LogP contribution in [0.5, 0.6) is 0 Å². The predicted octanol–water partition coefficient (Wildman–Crippen LogP) is 2.77. The van der Waals surface area contributed by atoms with Crippen molar-refractivity contribution in [3.05, 3.63) is 52.6 Å². The second-order valence-corrected chi connectivity index (χ2v) is 5.57. The first-order chi connectivity index (χ1) is 9.66. The maximum Gasteiger partial charge on any atom is 0.244 e. The zero-order valence-corrected chi connectivity index (χ0v) is 12.4. The quantitative estimate of drug-likeness (QED) is 0.832. The summed E-state index contributed by atoms with van der Waals surface area (Å²) in [6.45, 7) is 0.578. The number of furan rings is 1. The van der Waals surface area contributed by atoms with Crippen molar-refractivity contribution >= 4 is 23.3 Å². The average Bonchev–Trinajstić information content (AvgIpc) is 3.09. The van der Waals surface area contributed by atoms with Crippen molar-refractivity contribution in [1.82, 2.24) is 10.2 Å². The molecule has 20 heavy (non-hydrogen) atoms. The van der Waals surface area contributed by atoms with Crippen LogP contribution in [0.1, 0.15) is 16.7 Å². The molecule has 1 amide bonds. The van der Waals surface area contributed by atoms with Gasteiger partial charge in [-0.15, -0.1) is 11.3 Å². The summed E-state index contributed by atoms with van der Waals surface area (Å²) in [4.78, 5) is 15.1. The van der Waals surface area contributed by atoms with Gasteiger partial charge in [0.1, 0.15) is 5.76 Å². The highest BCUT2D eigenvalue weighted by Crippen LogP contribution is 2.22. The van der Waals surface area contributed by atoms with Gasteiger partial charge >= 0.3 is 0 Å². The van der Waals surface area contributed by atoms with Gasteiger partial charge in [0.2, 0.25) is 5.91 Å². The number of nitrogens with zero attached hydrogens (tertiary/aromatic N) is 1. The normalized spacial score (nSPS) is 12.9. The van der Waals surface area contributed by atoms with Crippen molar-refractivity contribution in [1.29, 1.82) is 0 Å². The van der Waals surface area contributed by atoms with Crippen molar-refractivity contribution < 1.29 is 9.21 Å². The fraction of sp³-hybridized carbons (Fsp3) is 0.267. The SMILES string of the molecule is CN(C)C(CNC(=O)C=Cc1ccco1)c1cccs1. The van der Waals surface area contributed by atoms with Gasteiger partial charge in [0.15, 0.2) is 0 Å². The van der Waals surface area contributed by atoms with Gasteiger partial charge in [-0.1, -0.05) is 6.07 Å². The van der Waals surface area contributed by atoms with E-state index in [4.69, 9.17) is 4.42 Å². The number of amides is 1. The van der Waals surface area contributed by atoms with E-state index in [2.05, 4.69) is 16.3 Å². The van der Waals surface area contributed by atoms with E-state index >= 15 is 0 Å². The van der Waals surface area contributed by atoms with Gasteiger partial charge in [-0.2, -0.15) is 0 Å². The van der Waals surface area contributed by atoms with Gasteiger partial charge in [0, 0.05) is 17.5 Å². The lowest BCUT2D eigenvalue weighted by Crippen LogP contribution is -2.33. The van der Waals surface area contributed by atoms with Crippen LogP contribution in [0, 0.1) is 0 Å².